The number of rotatable bonds is 6. The van der Waals surface area contributed by atoms with Gasteiger partial charge in [0, 0.05) is 40.8 Å². The fourth-order valence-electron chi connectivity index (χ4n) is 4.52. The Bertz CT molecular complexity index is 1970. The molecule has 3 aromatic heterocycles. The van der Waals surface area contributed by atoms with Crippen LogP contribution in [-0.4, -0.2) is 46.6 Å². The number of aromatic nitrogens is 7. The van der Waals surface area contributed by atoms with Crippen LogP contribution in [0.15, 0.2) is 94.6 Å². The van der Waals surface area contributed by atoms with E-state index in [0.29, 0.717) is 16.9 Å². The van der Waals surface area contributed by atoms with Crippen LogP contribution >= 0.6 is 0 Å². The van der Waals surface area contributed by atoms with Gasteiger partial charge in [0.25, 0.3) is 17.4 Å². The zero-order valence-electron chi connectivity index (χ0n) is 20.7. The average Bonchev–Trinajstić information content (AvgIpc) is 3.64. The van der Waals surface area contributed by atoms with Crippen molar-refractivity contribution in [2.45, 2.75) is 6.54 Å². The van der Waals surface area contributed by atoms with E-state index in [9.17, 15) is 19.2 Å². The van der Waals surface area contributed by atoms with E-state index < -0.39 is 23.1 Å². The van der Waals surface area contributed by atoms with Crippen molar-refractivity contribution >= 4 is 22.7 Å². The first kappa shape index (κ1) is 24.4. The number of benzene rings is 3. The van der Waals surface area contributed by atoms with Gasteiger partial charge in [-0.2, -0.15) is 9.78 Å². The first-order valence-electron chi connectivity index (χ1n) is 12.1. The number of nitrogens with one attached hydrogen (secondary N) is 2. The summed E-state index contributed by atoms with van der Waals surface area (Å²) in [5, 5.41) is 15.2. The number of tetrazole rings is 1. The molecule has 0 bridgehead atoms. The predicted molar refractivity (Wildman–Crippen MR) is 146 cm³/mol. The number of hydrogen-bond acceptors (Lipinski definition) is 7. The number of hydrogen-bond donors (Lipinski definition) is 3. The molecular formula is C28H20N8O4. The SMILES string of the molecule is NC(=O)c1cc(=O)n(C(=O)c2ccc(-c3ccc(Cn4ccc5cc(-c6nn[nH]n6)ccc54)cc3)cc2)c(=O)[nH]1. The minimum atomic E-state index is -1.03. The first-order chi connectivity index (χ1) is 19.4. The normalized spacial score (nSPS) is 11.1. The Hall–Kier alpha value is -5.91. The van der Waals surface area contributed by atoms with E-state index >= 15 is 0 Å². The maximum Gasteiger partial charge on any atom is 0.336 e. The van der Waals surface area contributed by atoms with E-state index in [-0.39, 0.29) is 11.3 Å². The van der Waals surface area contributed by atoms with Crippen molar-refractivity contribution in [2.24, 2.45) is 5.73 Å². The van der Waals surface area contributed by atoms with Crippen LogP contribution in [0.1, 0.15) is 26.4 Å². The van der Waals surface area contributed by atoms with Crippen LogP contribution in [0.4, 0.5) is 0 Å². The summed E-state index contributed by atoms with van der Waals surface area (Å²) in [6.07, 6.45) is 2.03. The van der Waals surface area contributed by atoms with Gasteiger partial charge in [-0.1, -0.05) is 36.4 Å². The Morgan fingerprint density at radius 3 is 2.20 bits per heavy atom. The lowest BCUT2D eigenvalue weighted by Crippen LogP contribution is -2.41. The van der Waals surface area contributed by atoms with Crippen molar-refractivity contribution in [3.8, 4) is 22.5 Å². The second-order valence-electron chi connectivity index (χ2n) is 9.06. The van der Waals surface area contributed by atoms with Crippen LogP contribution in [-0.2, 0) is 6.54 Å². The molecule has 6 rings (SSSR count). The maximum absolute atomic E-state index is 12.8. The summed E-state index contributed by atoms with van der Waals surface area (Å²) in [6.45, 7) is 0.677. The van der Waals surface area contributed by atoms with Crippen molar-refractivity contribution in [2.75, 3.05) is 0 Å². The minimum Gasteiger partial charge on any atom is -0.364 e. The maximum atomic E-state index is 12.8. The molecule has 0 aliphatic heterocycles. The largest absolute Gasteiger partial charge is 0.364 e. The monoisotopic (exact) mass is 532 g/mol. The lowest BCUT2D eigenvalue weighted by Gasteiger charge is -2.09. The van der Waals surface area contributed by atoms with Gasteiger partial charge in [-0.3, -0.25) is 14.4 Å². The van der Waals surface area contributed by atoms with Crippen molar-refractivity contribution in [1.29, 1.82) is 0 Å². The molecule has 4 N–H and O–H groups in total. The Morgan fingerprint density at radius 1 is 0.850 bits per heavy atom. The summed E-state index contributed by atoms with van der Waals surface area (Å²) in [6, 6.07) is 23.5. The topological polar surface area (TPSA) is 174 Å². The molecule has 3 aromatic carbocycles. The second-order valence-corrected chi connectivity index (χ2v) is 9.06. The first-order valence-corrected chi connectivity index (χ1v) is 12.1. The van der Waals surface area contributed by atoms with E-state index in [1.54, 1.807) is 12.1 Å². The molecule has 3 heterocycles. The van der Waals surface area contributed by atoms with Crippen molar-refractivity contribution in [3.05, 3.63) is 123 Å². The molecule has 12 nitrogen and oxygen atoms in total. The summed E-state index contributed by atoms with van der Waals surface area (Å²) in [4.78, 5) is 50.7. The number of nitrogens with two attached hydrogens (primary N) is 1. The van der Waals surface area contributed by atoms with Crippen molar-refractivity contribution in [1.82, 2.24) is 34.7 Å². The number of fused-ring (bicyclic) bond motifs is 1. The fourth-order valence-corrected chi connectivity index (χ4v) is 4.52. The Labute approximate surface area is 224 Å². The Morgan fingerprint density at radius 2 is 1.55 bits per heavy atom. The molecule has 0 spiro atoms. The van der Waals surface area contributed by atoms with E-state index in [4.69, 9.17) is 5.73 Å². The summed E-state index contributed by atoms with van der Waals surface area (Å²) >= 11 is 0. The summed E-state index contributed by atoms with van der Waals surface area (Å²) in [5.41, 5.74) is 7.76. The fraction of sp³-hybridized carbons (Fsp3) is 0.0357. The summed E-state index contributed by atoms with van der Waals surface area (Å²) < 4.78 is 2.58. The van der Waals surface area contributed by atoms with Crippen LogP contribution in [0, 0.1) is 0 Å². The highest BCUT2D eigenvalue weighted by Crippen LogP contribution is 2.25. The van der Waals surface area contributed by atoms with E-state index in [1.807, 2.05) is 54.7 Å². The lowest BCUT2D eigenvalue weighted by molar-refractivity contribution is 0.0943. The zero-order chi connectivity index (χ0) is 27.8. The van der Waals surface area contributed by atoms with E-state index in [0.717, 1.165) is 39.2 Å². The van der Waals surface area contributed by atoms with Gasteiger partial charge in [-0.05, 0) is 58.3 Å². The lowest BCUT2D eigenvalue weighted by atomic mass is 10.0. The van der Waals surface area contributed by atoms with Crippen LogP contribution in [0.25, 0.3) is 33.4 Å². The van der Waals surface area contributed by atoms with Gasteiger partial charge in [0.05, 0.1) is 0 Å². The number of nitrogens with zero attached hydrogens (tertiary/aromatic N) is 5. The molecule has 0 atom stereocenters. The van der Waals surface area contributed by atoms with Gasteiger partial charge in [0.2, 0.25) is 5.82 Å². The quantitative estimate of drug-likeness (QED) is 0.295. The number of carbonyl (C=O) groups is 2. The van der Waals surface area contributed by atoms with Crippen LogP contribution in [0.3, 0.4) is 0 Å². The third-order valence-electron chi connectivity index (χ3n) is 6.55. The molecule has 0 fully saturated rings. The Kier molecular flexibility index (Phi) is 5.96. The number of primary amides is 1. The molecule has 0 unspecified atom stereocenters. The molecule has 196 valence electrons. The van der Waals surface area contributed by atoms with Crippen LogP contribution in [0.5, 0.6) is 0 Å². The number of H-pyrrole nitrogens is 2. The third kappa shape index (κ3) is 4.49. The molecule has 0 saturated heterocycles. The molecule has 0 radical (unpaired) electrons. The van der Waals surface area contributed by atoms with Crippen LogP contribution < -0.4 is 17.0 Å². The molecule has 6 aromatic rings. The van der Waals surface area contributed by atoms with Gasteiger partial charge in [0.15, 0.2) is 0 Å². The van der Waals surface area contributed by atoms with Gasteiger partial charge in [-0.15, -0.1) is 10.2 Å². The predicted octanol–water partition coefficient (Wildman–Crippen LogP) is 2.17. The van der Waals surface area contributed by atoms with E-state index in [1.165, 1.54) is 12.1 Å². The number of amides is 1. The molecule has 1 amide bonds. The third-order valence-corrected chi connectivity index (χ3v) is 6.55. The van der Waals surface area contributed by atoms with Gasteiger partial charge >= 0.3 is 5.69 Å². The average molecular weight is 533 g/mol. The minimum absolute atomic E-state index is 0.141. The van der Waals surface area contributed by atoms with Crippen LogP contribution in [0.2, 0.25) is 0 Å². The highest BCUT2D eigenvalue weighted by Gasteiger charge is 2.16. The van der Waals surface area contributed by atoms with Gasteiger partial charge in [-0.25, -0.2) is 4.79 Å². The van der Waals surface area contributed by atoms with E-state index in [2.05, 4.69) is 30.2 Å². The molecule has 12 heteroatoms. The Balaban J connectivity index is 1.18. The van der Waals surface area contributed by atoms with Crippen molar-refractivity contribution in [3.63, 3.8) is 0 Å². The molecule has 0 aliphatic carbocycles. The molecule has 40 heavy (non-hydrogen) atoms. The highest BCUT2D eigenvalue weighted by atomic mass is 16.2. The van der Waals surface area contributed by atoms with Crippen molar-refractivity contribution < 1.29 is 9.59 Å². The zero-order valence-corrected chi connectivity index (χ0v) is 20.7. The summed E-state index contributed by atoms with van der Waals surface area (Å²) in [5.74, 6) is -1.24. The summed E-state index contributed by atoms with van der Waals surface area (Å²) in [7, 11) is 0. The standard InChI is InChI=1S/C28H20N8O4/c29-25(38)22-14-24(37)36(28(40)30-22)27(39)19-7-5-18(6-8-19)17-3-1-16(2-4-17)15-35-12-11-20-13-21(9-10-23(20)35)26-31-33-34-32-26/h1-14H,15H2,(H2,29,38)(H,30,40)(H,31,32,33,34). The molecule has 0 saturated carbocycles. The van der Waals surface area contributed by atoms with Gasteiger partial charge < -0.3 is 15.3 Å². The highest BCUT2D eigenvalue weighted by molar-refractivity contribution is 5.96. The molecule has 0 aliphatic rings. The van der Waals surface area contributed by atoms with Gasteiger partial charge in [0.1, 0.15) is 5.69 Å². The second kappa shape index (κ2) is 9.76. The molecular weight excluding hydrogens is 512 g/mol. The smallest absolute Gasteiger partial charge is 0.336 e. The number of aromatic amines is 2. The number of carbonyl (C=O) groups excluding carboxylic acids is 2.